The van der Waals surface area contributed by atoms with Gasteiger partial charge in [-0.25, -0.2) is 0 Å². The average molecular weight is 391 g/mol. The molecule has 0 heterocycles. The number of nitrogens with one attached hydrogen (secondary N) is 1. The number of carbonyl (C=O) groups excluding carboxylic acids is 2. The molecule has 3 N–H and O–H groups in total. The second kappa shape index (κ2) is 7.97. The van der Waals surface area contributed by atoms with Gasteiger partial charge in [0.15, 0.2) is 0 Å². The standard InChI is InChI=1S/C18H19BrN2O3/c1-11(2)10-24-16-8-5-13(9-15(16)19)18(23)21-14-6-3-12(4-7-14)17(20)22/h3-9,11H,10H2,1-2H3,(H2,20,22)(H,21,23). The number of anilines is 1. The molecular formula is C18H19BrN2O3. The lowest BCUT2D eigenvalue weighted by Crippen LogP contribution is -2.13. The lowest BCUT2D eigenvalue weighted by atomic mass is 10.1. The van der Waals surface area contributed by atoms with Gasteiger partial charge in [0.25, 0.3) is 5.91 Å². The summed E-state index contributed by atoms with van der Waals surface area (Å²) in [5, 5.41) is 2.77. The molecule has 0 fully saturated rings. The zero-order chi connectivity index (χ0) is 17.7. The maximum Gasteiger partial charge on any atom is 0.255 e. The van der Waals surface area contributed by atoms with Crippen LogP contribution < -0.4 is 15.8 Å². The van der Waals surface area contributed by atoms with Crippen molar-refractivity contribution in [1.29, 1.82) is 0 Å². The van der Waals surface area contributed by atoms with Crippen LogP contribution in [0.25, 0.3) is 0 Å². The highest BCUT2D eigenvalue weighted by molar-refractivity contribution is 9.10. The van der Waals surface area contributed by atoms with Crippen molar-refractivity contribution in [3.8, 4) is 5.75 Å². The van der Waals surface area contributed by atoms with Crippen LogP contribution >= 0.6 is 15.9 Å². The van der Waals surface area contributed by atoms with Crippen LogP contribution in [0.15, 0.2) is 46.9 Å². The van der Waals surface area contributed by atoms with Gasteiger partial charge in [-0.3, -0.25) is 9.59 Å². The van der Waals surface area contributed by atoms with Crippen molar-refractivity contribution in [3.05, 3.63) is 58.1 Å². The van der Waals surface area contributed by atoms with Crippen LogP contribution in [0.4, 0.5) is 5.69 Å². The number of nitrogens with two attached hydrogens (primary N) is 1. The molecule has 0 aliphatic carbocycles. The molecule has 0 aromatic heterocycles. The highest BCUT2D eigenvalue weighted by Gasteiger charge is 2.10. The third kappa shape index (κ3) is 4.83. The van der Waals surface area contributed by atoms with Crippen molar-refractivity contribution in [2.45, 2.75) is 13.8 Å². The third-order valence-electron chi connectivity index (χ3n) is 3.19. The van der Waals surface area contributed by atoms with Crippen LogP contribution in [0.3, 0.4) is 0 Å². The largest absolute Gasteiger partial charge is 0.492 e. The summed E-state index contributed by atoms with van der Waals surface area (Å²) in [7, 11) is 0. The molecule has 0 atom stereocenters. The summed E-state index contributed by atoms with van der Waals surface area (Å²) in [5.74, 6) is 0.362. The van der Waals surface area contributed by atoms with Crippen molar-refractivity contribution in [3.63, 3.8) is 0 Å². The Kier molecular flexibility index (Phi) is 5.98. The molecule has 0 saturated carbocycles. The SMILES string of the molecule is CC(C)COc1ccc(C(=O)Nc2ccc(C(N)=O)cc2)cc1Br. The van der Waals surface area contributed by atoms with Gasteiger partial charge in [0.1, 0.15) is 5.75 Å². The Morgan fingerprint density at radius 1 is 1.12 bits per heavy atom. The average Bonchev–Trinajstić information content (AvgIpc) is 2.54. The number of carbonyl (C=O) groups is 2. The lowest BCUT2D eigenvalue weighted by Gasteiger charge is -2.12. The summed E-state index contributed by atoms with van der Waals surface area (Å²) >= 11 is 3.42. The normalized spacial score (nSPS) is 10.5. The summed E-state index contributed by atoms with van der Waals surface area (Å²) in [4.78, 5) is 23.3. The Labute approximate surface area is 149 Å². The molecule has 2 aromatic carbocycles. The first-order chi connectivity index (χ1) is 11.4. The Bertz CT molecular complexity index is 742. The summed E-state index contributed by atoms with van der Waals surface area (Å²) in [6.07, 6.45) is 0. The monoisotopic (exact) mass is 390 g/mol. The molecule has 126 valence electrons. The van der Waals surface area contributed by atoms with E-state index in [1.807, 2.05) is 0 Å². The van der Waals surface area contributed by atoms with Crippen LogP contribution in [0.2, 0.25) is 0 Å². The van der Waals surface area contributed by atoms with Gasteiger partial charge >= 0.3 is 0 Å². The topological polar surface area (TPSA) is 81.4 Å². The van der Waals surface area contributed by atoms with Gasteiger partial charge in [0.05, 0.1) is 11.1 Å². The molecule has 2 amide bonds. The Hall–Kier alpha value is -2.34. The summed E-state index contributed by atoms with van der Waals surface area (Å²) in [6, 6.07) is 11.6. The van der Waals surface area contributed by atoms with E-state index in [0.29, 0.717) is 35.1 Å². The number of hydrogen-bond acceptors (Lipinski definition) is 3. The highest BCUT2D eigenvalue weighted by atomic mass is 79.9. The van der Waals surface area contributed by atoms with Crippen LogP contribution in [0.1, 0.15) is 34.6 Å². The van der Waals surface area contributed by atoms with Crippen LogP contribution in [-0.2, 0) is 0 Å². The molecule has 0 radical (unpaired) electrons. The van der Waals surface area contributed by atoms with Crippen LogP contribution in [-0.4, -0.2) is 18.4 Å². The zero-order valence-electron chi connectivity index (χ0n) is 13.5. The number of primary amides is 1. The number of rotatable bonds is 6. The minimum atomic E-state index is -0.506. The molecule has 0 unspecified atom stereocenters. The van der Waals surface area contributed by atoms with Gasteiger partial charge in [0.2, 0.25) is 5.91 Å². The predicted molar refractivity (Wildman–Crippen MR) is 97.4 cm³/mol. The molecule has 0 aliphatic rings. The number of halogens is 1. The van der Waals surface area contributed by atoms with Gasteiger partial charge in [-0.1, -0.05) is 13.8 Å². The number of hydrogen-bond donors (Lipinski definition) is 2. The van der Waals surface area contributed by atoms with Gasteiger partial charge in [0, 0.05) is 16.8 Å². The molecule has 0 spiro atoms. The molecule has 2 aromatic rings. The van der Waals surface area contributed by atoms with Crippen molar-refractivity contribution < 1.29 is 14.3 Å². The second-order valence-electron chi connectivity index (χ2n) is 5.75. The fourth-order valence-electron chi connectivity index (χ4n) is 1.94. The first-order valence-electron chi connectivity index (χ1n) is 7.50. The molecular weight excluding hydrogens is 372 g/mol. The maximum atomic E-state index is 12.3. The van der Waals surface area contributed by atoms with E-state index in [1.54, 1.807) is 42.5 Å². The molecule has 0 aliphatic heterocycles. The van der Waals surface area contributed by atoms with Gasteiger partial charge < -0.3 is 15.8 Å². The fraction of sp³-hybridized carbons (Fsp3) is 0.222. The highest BCUT2D eigenvalue weighted by Crippen LogP contribution is 2.27. The van der Waals surface area contributed by atoms with E-state index < -0.39 is 5.91 Å². The quantitative estimate of drug-likeness (QED) is 0.785. The summed E-state index contributed by atoms with van der Waals surface area (Å²) < 4.78 is 6.39. The number of ether oxygens (including phenoxy) is 1. The van der Waals surface area contributed by atoms with E-state index in [1.165, 1.54) is 0 Å². The predicted octanol–water partition coefficient (Wildman–Crippen LogP) is 3.84. The van der Waals surface area contributed by atoms with Crippen LogP contribution in [0.5, 0.6) is 5.75 Å². The lowest BCUT2D eigenvalue weighted by molar-refractivity contribution is 0.0998. The number of benzene rings is 2. The van der Waals surface area contributed by atoms with E-state index in [0.717, 1.165) is 4.47 Å². The van der Waals surface area contributed by atoms with E-state index in [2.05, 4.69) is 35.1 Å². The van der Waals surface area contributed by atoms with E-state index >= 15 is 0 Å². The maximum absolute atomic E-state index is 12.3. The van der Waals surface area contributed by atoms with E-state index in [-0.39, 0.29) is 5.91 Å². The van der Waals surface area contributed by atoms with E-state index in [9.17, 15) is 9.59 Å². The van der Waals surface area contributed by atoms with E-state index in [4.69, 9.17) is 10.5 Å². The van der Waals surface area contributed by atoms with Crippen molar-refractivity contribution in [2.75, 3.05) is 11.9 Å². The Morgan fingerprint density at radius 2 is 1.75 bits per heavy atom. The molecule has 0 saturated heterocycles. The van der Waals surface area contributed by atoms with Gasteiger partial charge in [-0.05, 0) is 64.3 Å². The fourth-order valence-corrected chi connectivity index (χ4v) is 2.43. The molecule has 2 rings (SSSR count). The summed E-state index contributed by atoms with van der Waals surface area (Å²) in [5.41, 5.74) is 6.66. The Morgan fingerprint density at radius 3 is 2.29 bits per heavy atom. The minimum absolute atomic E-state index is 0.252. The minimum Gasteiger partial charge on any atom is -0.492 e. The third-order valence-corrected chi connectivity index (χ3v) is 3.81. The first-order valence-corrected chi connectivity index (χ1v) is 8.29. The van der Waals surface area contributed by atoms with Gasteiger partial charge in [-0.2, -0.15) is 0 Å². The van der Waals surface area contributed by atoms with Crippen LogP contribution in [0, 0.1) is 5.92 Å². The van der Waals surface area contributed by atoms with Crippen molar-refractivity contribution in [1.82, 2.24) is 0 Å². The molecule has 6 heteroatoms. The number of amides is 2. The zero-order valence-corrected chi connectivity index (χ0v) is 15.1. The molecule has 5 nitrogen and oxygen atoms in total. The second-order valence-corrected chi connectivity index (χ2v) is 6.60. The van der Waals surface area contributed by atoms with Crippen molar-refractivity contribution >= 4 is 33.4 Å². The van der Waals surface area contributed by atoms with Gasteiger partial charge in [-0.15, -0.1) is 0 Å². The Balaban J connectivity index is 2.06. The van der Waals surface area contributed by atoms with Crippen molar-refractivity contribution in [2.24, 2.45) is 11.7 Å². The smallest absolute Gasteiger partial charge is 0.255 e. The molecule has 24 heavy (non-hydrogen) atoms. The molecule has 0 bridgehead atoms. The first kappa shape index (κ1) is 18.0. The summed E-state index contributed by atoms with van der Waals surface area (Å²) in [6.45, 7) is 4.74.